The molecule has 0 rings (SSSR count). The van der Waals surface area contributed by atoms with Gasteiger partial charge in [-0.1, -0.05) is 143 Å². The lowest BCUT2D eigenvalue weighted by Gasteiger charge is -2.22. The highest BCUT2D eigenvalue weighted by Crippen LogP contribution is 2.28. The molecule has 0 aromatic rings. The van der Waals surface area contributed by atoms with Gasteiger partial charge in [-0.15, -0.1) is 23.5 Å². The number of esters is 2. The van der Waals surface area contributed by atoms with Crippen LogP contribution < -0.4 is 0 Å². The number of thioether (sulfide) groups is 2. The fraction of sp³-hybridized carbons (Fsp3) is 0.955. The molecule has 6 nitrogen and oxygen atoms in total. The monoisotopic (exact) mass is 774 g/mol. The minimum Gasteiger partial charge on any atom is -0.465 e. The van der Waals surface area contributed by atoms with Crippen LogP contribution in [-0.2, 0) is 19.1 Å². The van der Waals surface area contributed by atoms with Gasteiger partial charge in [0.05, 0.1) is 19.1 Å². The van der Waals surface area contributed by atoms with E-state index in [-0.39, 0.29) is 29.0 Å². The molecule has 0 saturated heterocycles. The number of hydrogen-bond donors (Lipinski definition) is 1. The maximum Gasteiger partial charge on any atom is 0.329 e. The molecule has 0 aliphatic heterocycles. The first-order valence-electron chi connectivity index (χ1n) is 22.4. The van der Waals surface area contributed by atoms with Gasteiger partial charge in [0.15, 0.2) is 0 Å². The molecule has 52 heavy (non-hydrogen) atoms. The molecule has 310 valence electrons. The zero-order valence-corrected chi connectivity index (χ0v) is 36.6. The summed E-state index contributed by atoms with van der Waals surface area (Å²) in [4.78, 5) is 28.3. The number of rotatable bonds is 42. The third-order valence-electron chi connectivity index (χ3n) is 9.98. The van der Waals surface area contributed by atoms with Gasteiger partial charge >= 0.3 is 11.9 Å². The molecule has 1 atom stereocenters. The SMILES string of the molecule is CCCCCCCCC(CCCCCC)C(=O)OCCCCCCN(CCCCO)CCCCCCOC(=O)C(SCCCCC)SCCCCC. The van der Waals surface area contributed by atoms with Gasteiger partial charge in [-0.05, 0) is 95.3 Å². The molecular weight excluding hydrogens is 687 g/mol. The number of aliphatic hydroxyl groups is 1. The zero-order valence-electron chi connectivity index (χ0n) is 35.0. The van der Waals surface area contributed by atoms with Crippen LogP contribution >= 0.6 is 23.5 Å². The molecule has 8 heteroatoms. The Morgan fingerprint density at radius 3 is 1.37 bits per heavy atom. The van der Waals surface area contributed by atoms with E-state index in [1.165, 1.54) is 89.9 Å². The molecule has 0 saturated carbocycles. The van der Waals surface area contributed by atoms with Crippen LogP contribution in [0, 0.1) is 5.92 Å². The van der Waals surface area contributed by atoms with E-state index in [2.05, 4.69) is 32.6 Å². The Hall–Kier alpha value is -0.440. The maximum absolute atomic E-state index is 13.0. The summed E-state index contributed by atoms with van der Waals surface area (Å²) in [6.07, 6.45) is 32.3. The van der Waals surface area contributed by atoms with Gasteiger partial charge in [0, 0.05) is 6.61 Å². The van der Waals surface area contributed by atoms with Gasteiger partial charge in [-0.3, -0.25) is 4.79 Å². The molecule has 0 aliphatic carbocycles. The highest BCUT2D eigenvalue weighted by Gasteiger charge is 2.21. The predicted octanol–water partition coefficient (Wildman–Crippen LogP) is 12.8. The van der Waals surface area contributed by atoms with Crippen molar-refractivity contribution in [3.05, 3.63) is 0 Å². The average molecular weight is 774 g/mol. The van der Waals surface area contributed by atoms with E-state index < -0.39 is 0 Å². The largest absolute Gasteiger partial charge is 0.465 e. The van der Waals surface area contributed by atoms with Crippen molar-refractivity contribution in [3.63, 3.8) is 0 Å². The Labute approximate surface area is 332 Å². The minimum absolute atomic E-state index is 0.0262. The zero-order chi connectivity index (χ0) is 38.2. The van der Waals surface area contributed by atoms with E-state index in [0.29, 0.717) is 13.2 Å². The molecular formula is C44H87NO5S2. The second-order valence-electron chi connectivity index (χ2n) is 15.0. The summed E-state index contributed by atoms with van der Waals surface area (Å²) in [7, 11) is 0. The minimum atomic E-state index is -0.0756. The van der Waals surface area contributed by atoms with Gasteiger partial charge in [0.2, 0.25) is 0 Å². The number of ether oxygens (including phenoxy) is 2. The van der Waals surface area contributed by atoms with Crippen LogP contribution in [0.3, 0.4) is 0 Å². The quantitative estimate of drug-likeness (QED) is 0.0373. The van der Waals surface area contributed by atoms with Crippen molar-refractivity contribution in [3.8, 4) is 0 Å². The Bertz CT molecular complexity index is 746. The van der Waals surface area contributed by atoms with Crippen LogP contribution in [0.15, 0.2) is 0 Å². The van der Waals surface area contributed by atoms with E-state index in [0.717, 1.165) is 121 Å². The molecule has 0 heterocycles. The fourth-order valence-electron chi connectivity index (χ4n) is 6.53. The summed E-state index contributed by atoms with van der Waals surface area (Å²) < 4.78 is 11.5. The Kier molecular flexibility index (Phi) is 41.4. The third-order valence-corrected chi connectivity index (χ3v) is 12.8. The average Bonchev–Trinajstić information content (AvgIpc) is 3.15. The molecule has 1 N–H and O–H groups in total. The van der Waals surface area contributed by atoms with Crippen molar-refractivity contribution in [1.29, 1.82) is 0 Å². The van der Waals surface area contributed by atoms with E-state index in [9.17, 15) is 14.7 Å². The summed E-state index contributed by atoms with van der Waals surface area (Å²) in [6.45, 7) is 13.5. The third kappa shape index (κ3) is 34.1. The number of carbonyl (C=O) groups is 2. The van der Waals surface area contributed by atoms with Gasteiger partial charge < -0.3 is 19.5 Å². The molecule has 0 fully saturated rings. The number of carbonyl (C=O) groups excluding carboxylic acids is 2. The van der Waals surface area contributed by atoms with Gasteiger partial charge in [-0.2, -0.15) is 0 Å². The normalized spacial score (nSPS) is 12.2. The second kappa shape index (κ2) is 41.7. The summed E-state index contributed by atoms with van der Waals surface area (Å²) >= 11 is 3.56. The van der Waals surface area contributed by atoms with Crippen LogP contribution in [0.1, 0.15) is 207 Å². The lowest BCUT2D eigenvalue weighted by atomic mass is 9.94. The number of hydrogen-bond acceptors (Lipinski definition) is 8. The molecule has 0 aromatic heterocycles. The van der Waals surface area contributed by atoms with Crippen LogP contribution in [0.4, 0.5) is 0 Å². The van der Waals surface area contributed by atoms with E-state index >= 15 is 0 Å². The number of unbranched alkanes of at least 4 members (excludes halogenated alkanes) is 19. The van der Waals surface area contributed by atoms with Gasteiger partial charge in [-0.25, -0.2) is 4.79 Å². The second-order valence-corrected chi connectivity index (χ2v) is 17.8. The highest BCUT2D eigenvalue weighted by atomic mass is 32.2. The lowest BCUT2D eigenvalue weighted by Crippen LogP contribution is -2.27. The molecule has 0 amide bonds. The van der Waals surface area contributed by atoms with E-state index in [4.69, 9.17) is 9.47 Å². The van der Waals surface area contributed by atoms with Crippen LogP contribution in [0.5, 0.6) is 0 Å². The van der Waals surface area contributed by atoms with Crippen LogP contribution in [-0.4, -0.2) is 77.5 Å². The van der Waals surface area contributed by atoms with Crippen LogP contribution in [0.2, 0.25) is 0 Å². The summed E-state index contributed by atoms with van der Waals surface area (Å²) in [5.41, 5.74) is 0. The van der Waals surface area contributed by atoms with Crippen molar-refractivity contribution in [2.45, 2.75) is 212 Å². The van der Waals surface area contributed by atoms with E-state index in [1.807, 2.05) is 0 Å². The number of nitrogens with zero attached hydrogens (tertiary/aromatic N) is 1. The fourth-order valence-corrected chi connectivity index (χ4v) is 9.07. The number of aliphatic hydroxyl groups excluding tert-OH is 1. The Morgan fingerprint density at radius 1 is 0.481 bits per heavy atom. The first-order chi connectivity index (χ1) is 25.5. The smallest absolute Gasteiger partial charge is 0.329 e. The predicted molar refractivity (Wildman–Crippen MR) is 230 cm³/mol. The van der Waals surface area contributed by atoms with Crippen molar-refractivity contribution in [2.24, 2.45) is 5.92 Å². The lowest BCUT2D eigenvalue weighted by molar-refractivity contribution is -0.149. The van der Waals surface area contributed by atoms with Crippen molar-refractivity contribution >= 4 is 35.5 Å². The van der Waals surface area contributed by atoms with Crippen molar-refractivity contribution < 1.29 is 24.2 Å². The Balaban J connectivity index is 4.33. The van der Waals surface area contributed by atoms with Crippen molar-refractivity contribution in [2.75, 3.05) is 51.0 Å². The first-order valence-corrected chi connectivity index (χ1v) is 24.5. The standard InChI is InChI=1S/C44H87NO5S2/c1-5-9-13-15-16-22-32-41(31-21-14-10-6-2)42(47)49-37-27-19-17-23-33-45(35-25-26-36-46)34-24-18-20-28-38-50-43(48)44(51-39-29-11-7-3)52-40-30-12-8-4/h41,44,46H,5-40H2,1-4H3. The summed E-state index contributed by atoms with van der Waals surface area (Å²) in [5.74, 6) is 2.19. The topological polar surface area (TPSA) is 76.1 Å². The Morgan fingerprint density at radius 2 is 0.865 bits per heavy atom. The van der Waals surface area contributed by atoms with E-state index in [1.54, 1.807) is 23.5 Å². The molecule has 0 radical (unpaired) electrons. The molecule has 0 bridgehead atoms. The van der Waals surface area contributed by atoms with Crippen molar-refractivity contribution in [1.82, 2.24) is 4.90 Å². The maximum atomic E-state index is 13.0. The van der Waals surface area contributed by atoms with Gasteiger partial charge in [0.25, 0.3) is 0 Å². The molecule has 1 unspecified atom stereocenters. The molecule has 0 spiro atoms. The van der Waals surface area contributed by atoms with Crippen LogP contribution in [0.25, 0.3) is 0 Å². The molecule has 0 aromatic carbocycles. The van der Waals surface area contributed by atoms with Gasteiger partial charge in [0.1, 0.15) is 4.58 Å². The summed E-state index contributed by atoms with van der Waals surface area (Å²) in [5, 5.41) is 9.30. The molecule has 0 aliphatic rings. The highest BCUT2D eigenvalue weighted by molar-refractivity contribution is 8.18. The summed E-state index contributed by atoms with van der Waals surface area (Å²) in [6, 6.07) is 0. The first kappa shape index (κ1) is 51.6.